The molecule has 0 aliphatic rings. The summed E-state index contributed by atoms with van der Waals surface area (Å²) in [6.45, 7) is 6.55. The lowest BCUT2D eigenvalue weighted by atomic mass is 10.0. The maximum absolute atomic E-state index is 12.9. The van der Waals surface area contributed by atoms with Crippen LogP contribution >= 0.6 is 0 Å². The van der Waals surface area contributed by atoms with Gasteiger partial charge < -0.3 is 14.2 Å². The molecule has 0 N–H and O–H groups in total. The summed E-state index contributed by atoms with van der Waals surface area (Å²) in [4.78, 5) is 38.3. The molecule has 0 heterocycles. The van der Waals surface area contributed by atoms with Gasteiger partial charge in [0.25, 0.3) is 0 Å². The molecule has 0 aromatic heterocycles. The molecule has 6 heteroatoms. The Balaban J connectivity index is 4.22. The van der Waals surface area contributed by atoms with E-state index < -0.39 is 6.10 Å². The number of carbonyl (C=O) groups is 3. The molecule has 0 aliphatic heterocycles. The topological polar surface area (TPSA) is 78.9 Å². The molecule has 0 amide bonds. The maximum atomic E-state index is 12.9. The quantitative estimate of drug-likeness (QED) is 0.0261. The van der Waals surface area contributed by atoms with E-state index >= 15 is 0 Å². The minimum Gasteiger partial charge on any atom is -0.462 e. The second kappa shape index (κ2) is 64.4. The monoisotopic (exact) mass is 1060 g/mol. The minimum atomic E-state index is -0.776. The molecule has 6 nitrogen and oxygen atoms in total. The van der Waals surface area contributed by atoms with Crippen molar-refractivity contribution in [2.75, 3.05) is 13.2 Å². The molecule has 0 radical (unpaired) electrons. The van der Waals surface area contributed by atoms with E-state index in [1.165, 1.54) is 205 Å². The lowest BCUT2D eigenvalue weighted by molar-refractivity contribution is -0.167. The molecule has 1 unspecified atom stereocenters. The van der Waals surface area contributed by atoms with Crippen molar-refractivity contribution in [3.8, 4) is 0 Å². The highest BCUT2D eigenvalue weighted by atomic mass is 16.6. The van der Waals surface area contributed by atoms with Crippen LogP contribution in [0.15, 0.2) is 72.9 Å². The Morgan fingerprint density at radius 3 is 0.816 bits per heavy atom. The molecule has 440 valence electrons. The Bertz CT molecular complexity index is 1400. The summed E-state index contributed by atoms with van der Waals surface area (Å²) >= 11 is 0. The molecule has 0 spiro atoms. The molecular formula is C70H124O6. The molecule has 0 fully saturated rings. The van der Waals surface area contributed by atoms with Gasteiger partial charge in [0.05, 0.1) is 0 Å². The summed E-state index contributed by atoms with van der Waals surface area (Å²) in [6, 6.07) is 0. The van der Waals surface area contributed by atoms with Gasteiger partial charge in [0.2, 0.25) is 0 Å². The molecule has 0 rings (SSSR count). The average Bonchev–Trinajstić information content (AvgIpc) is 3.42. The first-order chi connectivity index (χ1) is 37.5. The van der Waals surface area contributed by atoms with Crippen LogP contribution in [-0.2, 0) is 28.6 Å². The summed E-state index contributed by atoms with van der Waals surface area (Å²) in [5, 5.41) is 0. The summed E-state index contributed by atoms with van der Waals surface area (Å²) in [5.74, 6) is -0.864. The number of ether oxygens (including phenoxy) is 3. The molecule has 0 aromatic rings. The number of hydrogen-bond acceptors (Lipinski definition) is 6. The Labute approximate surface area is 472 Å². The van der Waals surface area contributed by atoms with E-state index in [2.05, 4.69) is 93.7 Å². The van der Waals surface area contributed by atoms with Gasteiger partial charge in [0.1, 0.15) is 13.2 Å². The van der Waals surface area contributed by atoms with Crippen LogP contribution in [0.4, 0.5) is 0 Å². The number of unbranched alkanes of at least 4 members (excludes halogenated alkanes) is 37. The van der Waals surface area contributed by atoms with Gasteiger partial charge in [-0.25, -0.2) is 0 Å². The smallest absolute Gasteiger partial charge is 0.306 e. The van der Waals surface area contributed by atoms with Crippen LogP contribution in [0.2, 0.25) is 0 Å². The van der Waals surface area contributed by atoms with Gasteiger partial charge >= 0.3 is 17.9 Å². The summed E-state index contributed by atoms with van der Waals surface area (Å²) < 4.78 is 16.9. The first-order valence-electron chi connectivity index (χ1n) is 32.9. The fourth-order valence-electron chi connectivity index (χ4n) is 9.53. The summed E-state index contributed by atoms with van der Waals surface area (Å²) in [6.07, 6.45) is 83.5. The van der Waals surface area contributed by atoms with E-state index in [4.69, 9.17) is 14.2 Å². The lowest BCUT2D eigenvalue weighted by Crippen LogP contribution is -2.30. The SMILES string of the molecule is CC/C=C\C/C=C\C/C=C\C/C=C\C/C=C\CCCCCCCCCCCCCC(=O)OCC(COC(=O)CCCCCCCCCCCC)OC(=O)CCCCCCCCCCC/C=C\CCCCCCCCCC. The van der Waals surface area contributed by atoms with E-state index in [9.17, 15) is 14.4 Å². The minimum absolute atomic E-state index is 0.0731. The normalized spacial score (nSPS) is 12.5. The maximum Gasteiger partial charge on any atom is 0.306 e. The first kappa shape index (κ1) is 72.8. The first-order valence-corrected chi connectivity index (χ1v) is 32.9. The van der Waals surface area contributed by atoms with Gasteiger partial charge in [-0.2, -0.15) is 0 Å². The van der Waals surface area contributed by atoms with Crippen molar-refractivity contribution in [2.24, 2.45) is 0 Å². The van der Waals surface area contributed by atoms with Crippen LogP contribution in [0, 0.1) is 0 Å². The van der Waals surface area contributed by atoms with Crippen molar-refractivity contribution in [1.82, 2.24) is 0 Å². The lowest BCUT2D eigenvalue weighted by Gasteiger charge is -2.18. The van der Waals surface area contributed by atoms with Crippen molar-refractivity contribution in [1.29, 1.82) is 0 Å². The second-order valence-corrected chi connectivity index (χ2v) is 22.0. The van der Waals surface area contributed by atoms with Crippen molar-refractivity contribution >= 4 is 17.9 Å². The van der Waals surface area contributed by atoms with E-state index in [1.807, 2.05) is 0 Å². The number of hydrogen-bond donors (Lipinski definition) is 0. The molecule has 76 heavy (non-hydrogen) atoms. The van der Waals surface area contributed by atoms with Crippen molar-refractivity contribution in [3.63, 3.8) is 0 Å². The van der Waals surface area contributed by atoms with Gasteiger partial charge in [0, 0.05) is 19.3 Å². The average molecular weight is 1060 g/mol. The predicted molar refractivity (Wildman–Crippen MR) is 330 cm³/mol. The Morgan fingerprint density at radius 2 is 0.513 bits per heavy atom. The van der Waals surface area contributed by atoms with Gasteiger partial charge in [0.15, 0.2) is 6.10 Å². The van der Waals surface area contributed by atoms with Gasteiger partial charge in [-0.15, -0.1) is 0 Å². The third-order valence-electron chi connectivity index (χ3n) is 14.4. The molecule has 0 aliphatic carbocycles. The van der Waals surface area contributed by atoms with Crippen LogP contribution < -0.4 is 0 Å². The molecular weight excluding hydrogens is 937 g/mol. The van der Waals surface area contributed by atoms with Crippen molar-refractivity contribution < 1.29 is 28.6 Å². The fourth-order valence-corrected chi connectivity index (χ4v) is 9.53. The largest absolute Gasteiger partial charge is 0.462 e. The number of carbonyl (C=O) groups excluding carboxylic acids is 3. The van der Waals surface area contributed by atoms with Crippen LogP contribution in [0.25, 0.3) is 0 Å². The van der Waals surface area contributed by atoms with Gasteiger partial charge in [-0.05, 0) is 89.9 Å². The highest BCUT2D eigenvalue weighted by Gasteiger charge is 2.19. The molecule has 0 saturated carbocycles. The van der Waals surface area contributed by atoms with E-state index in [-0.39, 0.29) is 31.1 Å². The van der Waals surface area contributed by atoms with Gasteiger partial charge in [-0.1, -0.05) is 299 Å². The fraction of sp³-hybridized carbons (Fsp3) is 0.786. The number of rotatable bonds is 60. The molecule has 0 bridgehead atoms. The summed E-state index contributed by atoms with van der Waals surface area (Å²) in [7, 11) is 0. The Kier molecular flexibility index (Phi) is 61.7. The third-order valence-corrected chi connectivity index (χ3v) is 14.4. The second-order valence-electron chi connectivity index (χ2n) is 22.0. The van der Waals surface area contributed by atoms with Crippen LogP contribution in [0.3, 0.4) is 0 Å². The molecule has 0 saturated heterocycles. The molecule has 0 aromatic carbocycles. The van der Waals surface area contributed by atoms with E-state index in [1.54, 1.807) is 0 Å². The van der Waals surface area contributed by atoms with Crippen LogP contribution in [-0.4, -0.2) is 37.2 Å². The molecule has 1 atom stereocenters. The van der Waals surface area contributed by atoms with Crippen LogP contribution in [0.5, 0.6) is 0 Å². The zero-order chi connectivity index (χ0) is 55.0. The zero-order valence-electron chi connectivity index (χ0n) is 50.5. The zero-order valence-corrected chi connectivity index (χ0v) is 50.5. The van der Waals surface area contributed by atoms with E-state index in [0.717, 1.165) is 89.9 Å². The summed E-state index contributed by atoms with van der Waals surface area (Å²) in [5.41, 5.74) is 0. The Hall–Kier alpha value is -3.15. The highest BCUT2D eigenvalue weighted by Crippen LogP contribution is 2.17. The predicted octanol–water partition coefficient (Wildman–Crippen LogP) is 22.5. The van der Waals surface area contributed by atoms with E-state index in [0.29, 0.717) is 19.3 Å². The number of esters is 3. The van der Waals surface area contributed by atoms with Crippen molar-refractivity contribution in [3.05, 3.63) is 72.9 Å². The van der Waals surface area contributed by atoms with Gasteiger partial charge in [-0.3, -0.25) is 14.4 Å². The Morgan fingerprint density at radius 1 is 0.276 bits per heavy atom. The third kappa shape index (κ3) is 61.7. The standard InChI is InChI=1S/C70H124O6/c1-4-7-10-13-16-19-22-24-26-28-30-32-33-34-35-36-37-39-40-42-44-46-48-51-54-57-60-63-69(72)75-66-67(65-74-68(71)62-59-56-53-50-21-18-15-12-9-6-3)76-70(73)64-61-58-55-52-49-47-45-43-41-38-31-29-27-25-23-20-17-14-11-8-5-2/h7,10,16,19,24,26,29-32,34-35,67H,4-6,8-9,11-15,17-18,20-23,25,27-28,33,36-66H2,1-3H3/b10-7-,19-16-,26-24-,31-29-,32-30-,35-34-. The number of allylic oxidation sites excluding steroid dienone is 12. The highest BCUT2D eigenvalue weighted by molar-refractivity contribution is 5.71. The van der Waals surface area contributed by atoms with Crippen LogP contribution in [0.1, 0.15) is 335 Å². The van der Waals surface area contributed by atoms with Crippen molar-refractivity contribution in [2.45, 2.75) is 341 Å².